The van der Waals surface area contributed by atoms with Gasteiger partial charge in [0.15, 0.2) is 0 Å². The molecule has 7 nitrogen and oxygen atoms in total. The van der Waals surface area contributed by atoms with Crippen molar-refractivity contribution in [3.05, 3.63) is 71.3 Å². The largest absolute Gasteiger partial charge is 0.325 e. The molecule has 0 bridgehead atoms. The number of nitrogens with one attached hydrogen (secondary N) is 2. The summed E-state index contributed by atoms with van der Waals surface area (Å²) in [5.74, 6) is 1.27. The van der Waals surface area contributed by atoms with Gasteiger partial charge in [-0.1, -0.05) is 35.9 Å². The summed E-state index contributed by atoms with van der Waals surface area (Å²) in [6.07, 6.45) is 4.83. The van der Waals surface area contributed by atoms with Crippen molar-refractivity contribution in [1.82, 2.24) is 25.1 Å². The summed E-state index contributed by atoms with van der Waals surface area (Å²) in [7, 11) is 0. The molecule has 0 spiro atoms. The Balaban J connectivity index is 1.53. The summed E-state index contributed by atoms with van der Waals surface area (Å²) in [6, 6.07) is 13.0. The molecule has 1 aromatic carbocycles. The second-order valence-electron chi connectivity index (χ2n) is 6.73. The number of aromatic nitrogens is 4. The highest BCUT2D eigenvalue weighted by Crippen LogP contribution is 2.21. The lowest BCUT2D eigenvalue weighted by atomic mass is 10.0. The standard InChI is InChI=1S/C20H22N6O/c1-14-8-10-15(11-9-14)18(16-6-2-4-12-21-16)23-20(27)24-19-22-17-7-3-5-13-26(17)25-19/h2,4,6,8-12,18H,3,5,7,13H2,1H3,(H2,23,24,25,27). The first-order chi connectivity index (χ1) is 13.2. The molecule has 1 aliphatic rings. The van der Waals surface area contributed by atoms with Gasteiger partial charge in [0.25, 0.3) is 0 Å². The molecule has 2 amide bonds. The highest BCUT2D eigenvalue weighted by Gasteiger charge is 2.20. The van der Waals surface area contributed by atoms with E-state index in [2.05, 4.69) is 25.7 Å². The van der Waals surface area contributed by atoms with Crippen LogP contribution in [-0.2, 0) is 13.0 Å². The molecule has 0 saturated carbocycles. The lowest BCUT2D eigenvalue weighted by molar-refractivity contribution is 0.249. The van der Waals surface area contributed by atoms with E-state index in [-0.39, 0.29) is 12.1 Å². The molecule has 0 radical (unpaired) electrons. The van der Waals surface area contributed by atoms with Crippen molar-refractivity contribution < 1.29 is 4.79 Å². The number of anilines is 1. The van der Waals surface area contributed by atoms with Crippen molar-refractivity contribution in [3.8, 4) is 0 Å². The van der Waals surface area contributed by atoms with Gasteiger partial charge in [0.2, 0.25) is 5.95 Å². The number of aryl methyl sites for hydroxylation is 3. The van der Waals surface area contributed by atoms with Crippen LogP contribution in [0.15, 0.2) is 48.7 Å². The van der Waals surface area contributed by atoms with Gasteiger partial charge in [-0.25, -0.2) is 9.48 Å². The van der Waals surface area contributed by atoms with Crippen molar-refractivity contribution in [3.63, 3.8) is 0 Å². The Morgan fingerprint density at radius 3 is 2.74 bits per heavy atom. The summed E-state index contributed by atoms with van der Waals surface area (Å²) in [4.78, 5) is 21.4. The monoisotopic (exact) mass is 362 g/mol. The first kappa shape index (κ1) is 17.2. The first-order valence-corrected chi connectivity index (χ1v) is 9.18. The summed E-state index contributed by atoms with van der Waals surface area (Å²) >= 11 is 0. The number of hydrogen-bond acceptors (Lipinski definition) is 4. The van der Waals surface area contributed by atoms with Crippen molar-refractivity contribution in [2.45, 2.75) is 38.8 Å². The zero-order valence-electron chi connectivity index (χ0n) is 15.2. The van der Waals surface area contributed by atoms with Crippen LogP contribution in [0.5, 0.6) is 0 Å². The van der Waals surface area contributed by atoms with Gasteiger partial charge in [0.1, 0.15) is 5.82 Å². The number of benzene rings is 1. The minimum atomic E-state index is -0.357. The fourth-order valence-corrected chi connectivity index (χ4v) is 3.24. The number of fused-ring (bicyclic) bond motifs is 1. The number of amides is 2. The lowest BCUT2D eigenvalue weighted by Gasteiger charge is -2.19. The van der Waals surface area contributed by atoms with Crippen LogP contribution in [0.4, 0.5) is 10.7 Å². The van der Waals surface area contributed by atoms with Gasteiger partial charge in [0.05, 0.1) is 11.7 Å². The Morgan fingerprint density at radius 1 is 1.15 bits per heavy atom. The maximum Gasteiger partial charge on any atom is 0.322 e. The molecule has 4 rings (SSSR count). The van der Waals surface area contributed by atoms with E-state index < -0.39 is 0 Å². The van der Waals surface area contributed by atoms with Gasteiger partial charge < -0.3 is 5.32 Å². The first-order valence-electron chi connectivity index (χ1n) is 9.18. The van der Waals surface area contributed by atoms with E-state index in [1.54, 1.807) is 6.20 Å². The summed E-state index contributed by atoms with van der Waals surface area (Å²) in [5, 5.41) is 10.1. The molecule has 27 heavy (non-hydrogen) atoms. The Kier molecular flexibility index (Phi) is 4.82. The molecule has 0 saturated heterocycles. The zero-order valence-corrected chi connectivity index (χ0v) is 15.2. The number of rotatable bonds is 4. The van der Waals surface area contributed by atoms with Crippen LogP contribution in [0, 0.1) is 6.92 Å². The van der Waals surface area contributed by atoms with Crippen LogP contribution >= 0.6 is 0 Å². The molecule has 2 N–H and O–H groups in total. The number of urea groups is 1. The Hall–Kier alpha value is -3.22. The van der Waals surface area contributed by atoms with Crippen LogP contribution < -0.4 is 10.6 Å². The second-order valence-corrected chi connectivity index (χ2v) is 6.73. The molecule has 2 aromatic heterocycles. The Labute approximate surface area is 157 Å². The predicted molar refractivity (Wildman–Crippen MR) is 102 cm³/mol. The van der Waals surface area contributed by atoms with E-state index in [1.165, 1.54) is 0 Å². The quantitative estimate of drug-likeness (QED) is 0.746. The normalized spacial score (nSPS) is 14.3. The number of pyridine rings is 1. The van der Waals surface area contributed by atoms with Crippen LogP contribution in [0.1, 0.15) is 41.5 Å². The predicted octanol–water partition coefficient (Wildman–Crippen LogP) is 3.23. The minimum absolute atomic E-state index is 0.341. The van der Waals surface area contributed by atoms with E-state index in [4.69, 9.17) is 0 Å². The van der Waals surface area contributed by atoms with E-state index >= 15 is 0 Å². The molecule has 1 atom stereocenters. The topological polar surface area (TPSA) is 84.7 Å². The van der Waals surface area contributed by atoms with Gasteiger partial charge in [-0.3, -0.25) is 10.3 Å². The molecule has 138 valence electrons. The average molecular weight is 362 g/mol. The van der Waals surface area contributed by atoms with Gasteiger partial charge in [-0.05, 0) is 37.5 Å². The SMILES string of the molecule is Cc1ccc(C(NC(=O)Nc2nc3n(n2)CCCC3)c2ccccn2)cc1. The maximum absolute atomic E-state index is 12.6. The van der Waals surface area contributed by atoms with Crippen LogP contribution in [-0.4, -0.2) is 25.8 Å². The highest BCUT2D eigenvalue weighted by atomic mass is 16.2. The number of carbonyl (C=O) groups excluding carboxylic acids is 1. The Bertz CT molecular complexity index is 896. The zero-order chi connectivity index (χ0) is 18.6. The minimum Gasteiger partial charge on any atom is -0.325 e. The smallest absolute Gasteiger partial charge is 0.322 e. The van der Waals surface area contributed by atoms with Crippen LogP contribution in [0.3, 0.4) is 0 Å². The fourth-order valence-electron chi connectivity index (χ4n) is 3.24. The van der Waals surface area contributed by atoms with E-state index in [9.17, 15) is 4.79 Å². The van der Waals surface area contributed by atoms with Gasteiger partial charge in [-0.15, -0.1) is 5.10 Å². The van der Waals surface area contributed by atoms with E-state index in [0.717, 1.165) is 48.5 Å². The van der Waals surface area contributed by atoms with Crippen molar-refractivity contribution in [2.24, 2.45) is 0 Å². The molecule has 0 fully saturated rings. The lowest BCUT2D eigenvalue weighted by Crippen LogP contribution is -2.34. The van der Waals surface area contributed by atoms with Gasteiger partial charge >= 0.3 is 6.03 Å². The van der Waals surface area contributed by atoms with Gasteiger partial charge in [-0.2, -0.15) is 4.98 Å². The number of carbonyl (C=O) groups is 1. The number of hydrogen-bond donors (Lipinski definition) is 2. The van der Waals surface area contributed by atoms with E-state index in [0.29, 0.717) is 5.95 Å². The molecule has 3 heterocycles. The fraction of sp³-hybridized carbons (Fsp3) is 0.300. The summed E-state index contributed by atoms with van der Waals surface area (Å²) < 4.78 is 1.87. The van der Waals surface area contributed by atoms with Gasteiger partial charge in [0, 0.05) is 19.2 Å². The van der Waals surface area contributed by atoms with Crippen molar-refractivity contribution >= 4 is 12.0 Å². The maximum atomic E-state index is 12.6. The van der Waals surface area contributed by atoms with Crippen molar-refractivity contribution in [2.75, 3.05) is 5.32 Å². The highest BCUT2D eigenvalue weighted by molar-refractivity contribution is 5.87. The third-order valence-corrected chi connectivity index (χ3v) is 4.66. The average Bonchev–Trinajstić information content (AvgIpc) is 3.10. The van der Waals surface area contributed by atoms with E-state index in [1.807, 2.05) is 54.1 Å². The molecular formula is C20H22N6O. The number of nitrogens with zero attached hydrogens (tertiary/aromatic N) is 4. The molecule has 1 aliphatic heterocycles. The van der Waals surface area contributed by atoms with Crippen molar-refractivity contribution in [1.29, 1.82) is 0 Å². The van der Waals surface area contributed by atoms with Crippen LogP contribution in [0.2, 0.25) is 0 Å². The molecule has 1 unspecified atom stereocenters. The Morgan fingerprint density at radius 2 is 2.00 bits per heavy atom. The molecular weight excluding hydrogens is 340 g/mol. The third-order valence-electron chi connectivity index (χ3n) is 4.66. The molecule has 3 aromatic rings. The second kappa shape index (κ2) is 7.57. The molecule has 0 aliphatic carbocycles. The van der Waals surface area contributed by atoms with Crippen LogP contribution in [0.25, 0.3) is 0 Å². The summed E-state index contributed by atoms with van der Waals surface area (Å²) in [5.41, 5.74) is 2.90. The summed E-state index contributed by atoms with van der Waals surface area (Å²) in [6.45, 7) is 2.89. The third kappa shape index (κ3) is 3.97. The molecule has 7 heteroatoms.